The van der Waals surface area contributed by atoms with E-state index in [1.165, 1.54) is 12.8 Å². The smallest absolute Gasteiger partial charge is 0.197 e. The largest absolute Gasteiger partial charge is 0.464 e. The zero-order valence-electron chi connectivity index (χ0n) is 14.2. The second-order valence-corrected chi connectivity index (χ2v) is 7.55. The Kier molecular flexibility index (Phi) is 4.82. The molecule has 1 N–H and O–H groups in total. The van der Waals surface area contributed by atoms with Crippen molar-refractivity contribution in [1.29, 1.82) is 0 Å². The summed E-state index contributed by atoms with van der Waals surface area (Å²) in [6.07, 6.45) is 4.76. The molecule has 2 atom stereocenters. The Morgan fingerprint density at radius 1 is 1.32 bits per heavy atom. The van der Waals surface area contributed by atoms with Crippen molar-refractivity contribution in [2.24, 2.45) is 0 Å². The third kappa shape index (κ3) is 3.34. The molecule has 0 spiro atoms. The highest BCUT2D eigenvalue weighted by atomic mass is 35.5. The molecular formula is C19H23ClN2O3. The molecule has 2 aliphatic heterocycles. The lowest BCUT2D eigenvalue weighted by atomic mass is 10.0. The van der Waals surface area contributed by atoms with Gasteiger partial charge in [-0.25, -0.2) is 0 Å². The van der Waals surface area contributed by atoms with E-state index < -0.39 is 0 Å². The van der Waals surface area contributed by atoms with Crippen LogP contribution < -0.4 is 5.43 Å². The highest BCUT2D eigenvalue weighted by Gasteiger charge is 2.36. The lowest BCUT2D eigenvalue weighted by molar-refractivity contribution is 0.0329. The van der Waals surface area contributed by atoms with Gasteiger partial charge in [0, 0.05) is 48.9 Å². The number of rotatable bonds is 4. The molecule has 2 saturated heterocycles. The van der Waals surface area contributed by atoms with E-state index in [2.05, 4.69) is 9.80 Å². The predicted molar refractivity (Wildman–Crippen MR) is 98.0 cm³/mol. The molecule has 1 aromatic carbocycles. The van der Waals surface area contributed by atoms with Crippen LogP contribution in [0.3, 0.4) is 0 Å². The molecule has 0 radical (unpaired) electrons. The minimum Gasteiger partial charge on any atom is -0.464 e. The number of hydrogen-bond donors (Lipinski definition) is 1. The summed E-state index contributed by atoms with van der Waals surface area (Å²) in [7, 11) is 0. The van der Waals surface area contributed by atoms with Gasteiger partial charge in [-0.15, -0.1) is 0 Å². The molecule has 0 bridgehead atoms. The normalized spacial score (nSPS) is 24.7. The van der Waals surface area contributed by atoms with Gasteiger partial charge < -0.3 is 9.52 Å². The van der Waals surface area contributed by atoms with Crippen molar-refractivity contribution in [2.45, 2.75) is 37.9 Å². The first-order valence-electron chi connectivity index (χ1n) is 8.94. The van der Waals surface area contributed by atoms with Crippen molar-refractivity contribution in [3.63, 3.8) is 0 Å². The van der Waals surface area contributed by atoms with Crippen LogP contribution in [0.15, 0.2) is 33.7 Å². The third-order valence-electron chi connectivity index (χ3n) is 5.55. The average Bonchev–Trinajstić information content (AvgIpc) is 3.05. The number of halogens is 1. The van der Waals surface area contributed by atoms with Crippen LogP contribution in [-0.2, 0) is 6.54 Å². The van der Waals surface area contributed by atoms with Gasteiger partial charge in [0.25, 0.3) is 0 Å². The minimum atomic E-state index is -0.0136. The first-order chi connectivity index (χ1) is 12.2. The van der Waals surface area contributed by atoms with Gasteiger partial charge in [-0.2, -0.15) is 0 Å². The van der Waals surface area contributed by atoms with Crippen molar-refractivity contribution >= 4 is 22.6 Å². The molecular weight excluding hydrogens is 340 g/mol. The summed E-state index contributed by atoms with van der Waals surface area (Å²) >= 11 is 6.04. The Labute approximate surface area is 151 Å². The lowest BCUT2D eigenvalue weighted by Gasteiger charge is -2.43. The van der Waals surface area contributed by atoms with Crippen LogP contribution in [0.5, 0.6) is 0 Å². The Hall–Kier alpha value is -1.40. The fourth-order valence-electron chi connectivity index (χ4n) is 4.24. The van der Waals surface area contributed by atoms with Crippen LogP contribution in [0.1, 0.15) is 24.8 Å². The molecule has 25 heavy (non-hydrogen) atoms. The molecule has 5 nitrogen and oxygen atoms in total. The Morgan fingerprint density at radius 2 is 2.20 bits per heavy atom. The Morgan fingerprint density at radius 3 is 3.04 bits per heavy atom. The van der Waals surface area contributed by atoms with Gasteiger partial charge in [0.05, 0.1) is 11.6 Å². The molecule has 1 aromatic heterocycles. The molecule has 2 aromatic rings. The number of hydrogen-bond acceptors (Lipinski definition) is 5. The predicted octanol–water partition coefficient (Wildman–Crippen LogP) is 2.48. The zero-order chi connectivity index (χ0) is 17.4. The highest BCUT2D eigenvalue weighted by molar-refractivity contribution is 6.31. The Balaban J connectivity index is 1.62. The van der Waals surface area contributed by atoms with Gasteiger partial charge in [-0.1, -0.05) is 11.6 Å². The van der Waals surface area contributed by atoms with Crippen LogP contribution in [0, 0.1) is 0 Å². The summed E-state index contributed by atoms with van der Waals surface area (Å²) in [5.41, 5.74) is 1.20. The van der Waals surface area contributed by atoms with E-state index in [1.54, 1.807) is 24.5 Å². The van der Waals surface area contributed by atoms with Gasteiger partial charge in [-0.3, -0.25) is 14.6 Å². The molecule has 2 aliphatic rings. The molecule has 0 saturated carbocycles. The van der Waals surface area contributed by atoms with E-state index in [9.17, 15) is 9.90 Å². The van der Waals surface area contributed by atoms with Crippen LogP contribution >= 0.6 is 11.6 Å². The number of benzene rings is 1. The van der Waals surface area contributed by atoms with E-state index in [0.717, 1.165) is 26.1 Å². The number of aliphatic hydroxyl groups is 1. The molecule has 0 amide bonds. The number of piperazine rings is 1. The van der Waals surface area contributed by atoms with Crippen molar-refractivity contribution < 1.29 is 9.52 Å². The van der Waals surface area contributed by atoms with E-state index in [0.29, 0.717) is 34.1 Å². The molecule has 2 fully saturated rings. The SMILES string of the molecule is O=c1c(CN2C[C@H]3CCCN3C[C@@H]2CCO)coc2ccc(Cl)cc12. The maximum absolute atomic E-state index is 12.8. The summed E-state index contributed by atoms with van der Waals surface area (Å²) in [6.45, 7) is 3.78. The van der Waals surface area contributed by atoms with Gasteiger partial charge in [-0.05, 0) is 44.0 Å². The number of nitrogens with zero attached hydrogens (tertiary/aromatic N) is 2. The molecule has 4 rings (SSSR count). The summed E-state index contributed by atoms with van der Waals surface area (Å²) in [5, 5.41) is 10.5. The van der Waals surface area contributed by atoms with Gasteiger partial charge in [0.2, 0.25) is 0 Å². The van der Waals surface area contributed by atoms with Crippen LogP contribution in [0.25, 0.3) is 11.0 Å². The maximum Gasteiger partial charge on any atom is 0.197 e. The molecule has 3 heterocycles. The molecule has 0 aliphatic carbocycles. The summed E-state index contributed by atoms with van der Waals surface area (Å²) < 4.78 is 5.66. The Bertz CT molecular complexity index is 822. The van der Waals surface area contributed by atoms with Crippen LogP contribution in [0.4, 0.5) is 0 Å². The zero-order valence-corrected chi connectivity index (χ0v) is 14.9. The first kappa shape index (κ1) is 17.0. The van der Waals surface area contributed by atoms with Crippen molar-refractivity contribution in [1.82, 2.24) is 9.80 Å². The second kappa shape index (κ2) is 7.08. The van der Waals surface area contributed by atoms with Gasteiger partial charge >= 0.3 is 0 Å². The molecule has 134 valence electrons. The van der Waals surface area contributed by atoms with Crippen molar-refractivity contribution in [2.75, 3.05) is 26.2 Å². The fraction of sp³-hybridized carbons (Fsp3) is 0.526. The van der Waals surface area contributed by atoms with Gasteiger partial charge in [0.15, 0.2) is 5.43 Å². The molecule has 6 heteroatoms. The number of aliphatic hydroxyl groups excluding tert-OH is 1. The van der Waals surface area contributed by atoms with E-state index in [1.807, 2.05) is 0 Å². The van der Waals surface area contributed by atoms with Crippen molar-refractivity contribution in [3.8, 4) is 0 Å². The summed E-state index contributed by atoms with van der Waals surface area (Å²) in [5.74, 6) is 0. The second-order valence-electron chi connectivity index (χ2n) is 7.12. The lowest BCUT2D eigenvalue weighted by Crippen LogP contribution is -2.56. The monoisotopic (exact) mass is 362 g/mol. The summed E-state index contributed by atoms with van der Waals surface area (Å²) in [4.78, 5) is 17.7. The third-order valence-corrected chi connectivity index (χ3v) is 5.78. The highest BCUT2D eigenvalue weighted by Crippen LogP contribution is 2.27. The quantitative estimate of drug-likeness (QED) is 0.905. The first-order valence-corrected chi connectivity index (χ1v) is 9.32. The average molecular weight is 363 g/mol. The maximum atomic E-state index is 12.8. The summed E-state index contributed by atoms with van der Waals surface area (Å²) in [6, 6.07) is 5.97. The fourth-order valence-corrected chi connectivity index (χ4v) is 4.41. The number of fused-ring (bicyclic) bond motifs is 2. The van der Waals surface area contributed by atoms with E-state index in [4.69, 9.17) is 16.0 Å². The standard InChI is InChI=1S/C19H23ClN2O3/c20-14-3-4-18-17(8-14)19(24)13(12-25-18)9-22-11-15-2-1-6-21(15)10-16(22)5-7-23/h3-4,8,12,15-16,23H,1-2,5-7,9-11H2/t15-,16+/m1/s1. The topological polar surface area (TPSA) is 56.9 Å². The minimum absolute atomic E-state index is 0.0136. The van der Waals surface area contributed by atoms with Crippen molar-refractivity contribution in [3.05, 3.63) is 45.3 Å². The van der Waals surface area contributed by atoms with Crippen LogP contribution in [-0.4, -0.2) is 53.2 Å². The molecule has 0 unspecified atom stereocenters. The van der Waals surface area contributed by atoms with Gasteiger partial charge in [0.1, 0.15) is 5.58 Å². The van der Waals surface area contributed by atoms with E-state index >= 15 is 0 Å². The van der Waals surface area contributed by atoms with Crippen LogP contribution in [0.2, 0.25) is 5.02 Å². The van der Waals surface area contributed by atoms with E-state index in [-0.39, 0.29) is 18.1 Å².